The van der Waals surface area contributed by atoms with E-state index in [4.69, 9.17) is 10.00 Å². The molecule has 2 aliphatic rings. The van der Waals surface area contributed by atoms with Gasteiger partial charge in [-0.1, -0.05) is 12.1 Å². The number of benzene rings is 1. The Morgan fingerprint density at radius 2 is 2.00 bits per heavy atom. The molecule has 31 heavy (non-hydrogen) atoms. The van der Waals surface area contributed by atoms with Crippen molar-refractivity contribution in [2.24, 2.45) is 5.41 Å². The molecule has 2 aliphatic heterocycles. The molecule has 0 aliphatic carbocycles. The van der Waals surface area contributed by atoms with Gasteiger partial charge in [0.1, 0.15) is 5.01 Å². The monoisotopic (exact) mass is 449 g/mol. The quantitative estimate of drug-likeness (QED) is 0.590. The Bertz CT molecular complexity index is 956. The van der Waals surface area contributed by atoms with Gasteiger partial charge in [-0.3, -0.25) is 4.90 Å². The number of aromatic nitrogens is 1. The van der Waals surface area contributed by atoms with Gasteiger partial charge in [0, 0.05) is 23.8 Å². The van der Waals surface area contributed by atoms with Crippen LogP contribution in [0.1, 0.15) is 54.9 Å². The fourth-order valence-corrected chi connectivity index (χ4v) is 5.60. The Labute approximate surface area is 184 Å². The minimum absolute atomic E-state index is 0.0203. The Kier molecular flexibility index (Phi) is 5.88. The van der Waals surface area contributed by atoms with Gasteiger partial charge in [-0.25, -0.2) is 4.98 Å². The minimum atomic E-state index is -4.39. The topological polar surface area (TPSA) is 49.2 Å². The van der Waals surface area contributed by atoms with Crippen molar-refractivity contribution < 1.29 is 17.9 Å². The third kappa shape index (κ3) is 4.94. The predicted octanol–water partition coefficient (Wildman–Crippen LogP) is 5.43. The van der Waals surface area contributed by atoms with E-state index < -0.39 is 11.9 Å². The van der Waals surface area contributed by atoms with Gasteiger partial charge in [0.15, 0.2) is 5.69 Å². The summed E-state index contributed by atoms with van der Waals surface area (Å²) in [7, 11) is 0. The number of alkyl halides is 3. The molecule has 2 saturated heterocycles. The lowest BCUT2D eigenvalue weighted by atomic mass is 9.70. The number of hydrogen-bond acceptors (Lipinski definition) is 5. The average Bonchev–Trinajstić information content (AvgIpc) is 3.33. The normalized spacial score (nSPS) is 25.9. The van der Waals surface area contributed by atoms with Gasteiger partial charge in [0.25, 0.3) is 0 Å². The molecular formula is C23H26F3N3OS. The molecule has 2 aromatic rings. The smallest absolute Gasteiger partial charge is 0.372 e. The molecule has 1 aromatic heterocycles. The maximum absolute atomic E-state index is 12.9. The van der Waals surface area contributed by atoms with Crippen molar-refractivity contribution in [2.75, 3.05) is 13.1 Å². The Balaban J connectivity index is 1.44. The molecule has 3 heterocycles. The standard InChI is InChI=1S/C23H26F3N3OS/c1-21(2)11-19(30-21)22(8-7-16-3-5-17(12-27)6-4-16)9-10-29(15-22)13-20-28-18(14-31-20)23(24,25)26/h3-6,14,19H,7-11,13,15H2,1-2H3/t19?,22-/m1/s1. The van der Waals surface area contributed by atoms with E-state index in [9.17, 15) is 13.2 Å². The van der Waals surface area contributed by atoms with Crippen LogP contribution in [0.2, 0.25) is 0 Å². The molecule has 8 heteroatoms. The number of thiazole rings is 1. The van der Waals surface area contributed by atoms with Crippen molar-refractivity contribution in [1.82, 2.24) is 9.88 Å². The van der Waals surface area contributed by atoms with Gasteiger partial charge in [0.2, 0.25) is 0 Å². The van der Waals surface area contributed by atoms with Crippen molar-refractivity contribution in [3.05, 3.63) is 51.5 Å². The lowest BCUT2D eigenvalue weighted by Gasteiger charge is -2.52. The summed E-state index contributed by atoms with van der Waals surface area (Å²) in [5.74, 6) is 0. The summed E-state index contributed by atoms with van der Waals surface area (Å²) in [6, 6.07) is 9.82. The van der Waals surface area contributed by atoms with Gasteiger partial charge in [0.05, 0.1) is 29.9 Å². The lowest BCUT2D eigenvalue weighted by molar-refractivity contribution is -0.230. The number of likely N-dealkylation sites (tertiary alicyclic amines) is 1. The van der Waals surface area contributed by atoms with Crippen molar-refractivity contribution in [2.45, 2.75) is 64.0 Å². The van der Waals surface area contributed by atoms with Gasteiger partial charge < -0.3 is 4.74 Å². The molecular weight excluding hydrogens is 423 g/mol. The third-order valence-corrected chi connectivity index (χ3v) is 7.31. The second-order valence-electron chi connectivity index (χ2n) is 9.33. The van der Waals surface area contributed by atoms with Crippen molar-refractivity contribution in [3.63, 3.8) is 0 Å². The van der Waals surface area contributed by atoms with Gasteiger partial charge in [-0.05, 0) is 57.4 Å². The molecule has 0 bridgehead atoms. The first-order chi connectivity index (χ1) is 14.6. The van der Waals surface area contributed by atoms with E-state index in [1.54, 1.807) is 0 Å². The first-order valence-electron chi connectivity index (χ1n) is 10.5. The van der Waals surface area contributed by atoms with Crippen LogP contribution >= 0.6 is 11.3 Å². The predicted molar refractivity (Wildman–Crippen MR) is 112 cm³/mol. The highest BCUT2D eigenvalue weighted by atomic mass is 32.1. The number of nitrogens with zero attached hydrogens (tertiary/aromatic N) is 3. The highest BCUT2D eigenvalue weighted by Gasteiger charge is 2.52. The molecule has 0 amide bonds. The SMILES string of the molecule is CC1(C)CC([C@]2(CCc3ccc(C#N)cc3)CCN(Cc3nc(C(F)(F)F)cs3)C2)O1. The molecule has 0 N–H and O–H groups in total. The highest BCUT2D eigenvalue weighted by Crippen LogP contribution is 2.49. The molecule has 2 fully saturated rings. The number of ether oxygens (including phenoxy) is 1. The maximum atomic E-state index is 12.9. The molecule has 1 unspecified atom stereocenters. The molecule has 4 rings (SSSR count). The summed E-state index contributed by atoms with van der Waals surface area (Å²) in [4.78, 5) is 6.01. The van der Waals surface area contributed by atoms with Crippen LogP contribution in [0.25, 0.3) is 0 Å². The summed E-state index contributed by atoms with van der Waals surface area (Å²) in [6.07, 6.45) is -0.453. The second kappa shape index (κ2) is 8.19. The number of hydrogen-bond donors (Lipinski definition) is 0. The van der Waals surface area contributed by atoms with Gasteiger partial charge >= 0.3 is 6.18 Å². The molecule has 0 saturated carbocycles. The first-order valence-corrected chi connectivity index (χ1v) is 11.4. The van der Waals surface area contributed by atoms with Gasteiger partial charge in [-0.2, -0.15) is 18.4 Å². The lowest BCUT2D eigenvalue weighted by Crippen LogP contribution is -2.55. The summed E-state index contributed by atoms with van der Waals surface area (Å²) in [5, 5.41) is 10.6. The summed E-state index contributed by atoms with van der Waals surface area (Å²) in [5.41, 5.74) is 0.897. The van der Waals surface area contributed by atoms with Crippen LogP contribution in [0.15, 0.2) is 29.6 Å². The molecule has 4 nitrogen and oxygen atoms in total. The largest absolute Gasteiger partial charge is 0.434 e. The molecule has 0 spiro atoms. The fourth-order valence-electron chi connectivity index (χ4n) is 4.75. The molecule has 2 atom stereocenters. The van der Waals surface area contributed by atoms with Crippen LogP contribution in [0.5, 0.6) is 0 Å². The maximum Gasteiger partial charge on any atom is 0.434 e. The Morgan fingerprint density at radius 3 is 2.58 bits per heavy atom. The van der Waals surface area contributed by atoms with E-state index in [-0.39, 0.29) is 17.1 Å². The van der Waals surface area contributed by atoms with E-state index in [0.29, 0.717) is 17.1 Å². The van der Waals surface area contributed by atoms with Crippen molar-refractivity contribution in [1.29, 1.82) is 5.26 Å². The number of halogens is 3. The first kappa shape index (κ1) is 22.3. The van der Waals surface area contributed by atoms with Gasteiger partial charge in [-0.15, -0.1) is 11.3 Å². The summed E-state index contributed by atoms with van der Waals surface area (Å²) < 4.78 is 44.9. The van der Waals surface area contributed by atoms with E-state index in [0.717, 1.165) is 55.5 Å². The van der Waals surface area contributed by atoms with Crippen LogP contribution in [-0.2, 0) is 23.9 Å². The van der Waals surface area contributed by atoms with E-state index in [1.807, 2.05) is 24.3 Å². The molecule has 1 aromatic carbocycles. The van der Waals surface area contributed by atoms with Crippen molar-refractivity contribution >= 4 is 11.3 Å². The van der Waals surface area contributed by atoms with E-state index in [2.05, 4.69) is 29.8 Å². The van der Waals surface area contributed by atoms with Crippen LogP contribution in [0.3, 0.4) is 0 Å². The van der Waals surface area contributed by atoms with Crippen LogP contribution in [-0.4, -0.2) is 34.7 Å². The zero-order valence-corrected chi connectivity index (χ0v) is 18.5. The highest BCUT2D eigenvalue weighted by molar-refractivity contribution is 7.09. The Morgan fingerprint density at radius 1 is 1.29 bits per heavy atom. The van der Waals surface area contributed by atoms with E-state index in [1.165, 1.54) is 5.56 Å². The summed E-state index contributed by atoms with van der Waals surface area (Å²) >= 11 is 1.07. The van der Waals surface area contributed by atoms with E-state index >= 15 is 0 Å². The van der Waals surface area contributed by atoms with Crippen molar-refractivity contribution in [3.8, 4) is 6.07 Å². The van der Waals surface area contributed by atoms with Crippen LogP contribution < -0.4 is 0 Å². The second-order valence-corrected chi connectivity index (χ2v) is 10.3. The number of nitriles is 1. The zero-order chi connectivity index (χ0) is 22.3. The molecule has 166 valence electrons. The summed E-state index contributed by atoms with van der Waals surface area (Å²) in [6.45, 7) is 6.26. The van der Waals surface area contributed by atoms with Crippen LogP contribution in [0.4, 0.5) is 13.2 Å². The van der Waals surface area contributed by atoms with Crippen LogP contribution in [0, 0.1) is 16.7 Å². The number of rotatable bonds is 6. The third-order valence-electron chi connectivity index (χ3n) is 6.48. The number of aryl methyl sites for hydroxylation is 1. The Hall–Kier alpha value is -1.95. The molecule has 0 radical (unpaired) electrons. The fraction of sp³-hybridized carbons (Fsp3) is 0.565. The average molecular weight is 450 g/mol. The minimum Gasteiger partial charge on any atom is -0.372 e. The zero-order valence-electron chi connectivity index (χ0n) is 17.7.